The summed E-state index contributed by atoms with van der Waals surface area (Å²) in [6.45, 7) is 6.81. The highest BCUT2D eigenvalue weighted by Crippen LogP contribution is 2.31. The van der Waals surface area contributed by atoms with Gasteiger partial charge in [0.25, 0.3) is 5.69 Å². The minimum absolute atomic E-state index is 0.173. The van der Waals surface area contributed by atoms with Crippen LogP contribution in [-0.2, 0) is 10.0 Å². The molecule has 7 nitrogen and oxygen atoms in total. The summed E-state index contributed by atoms with van der Waals surface area (Å²) in [7, 11) is -3.90. The first-order valence-corrected chi connectivity index (χ1v) is 9.72. The molecule has 2 aromatic rings. The number of nitro benzene ring substituents is 1. The highest BCUT2D eigenvalue weighted by Gasteiger charge is 2.26. The third kappa shape index (κ3) is 5.48. The first-order valence-electron chi connectivity index (χ1n) is 8.23. The largest absolute Gasteiger partial charge is 0.373 e. The van der Waals surface area contributed by atoms with Gasteiger partial charge in [0.05, 0.1) is 9.82 Å². The topological polar surface area (TPSA) is 101 Å². The van der Waals surface area contributed by atoms with E-state index in [1.165, 1.54) is 24.3 Å². The molecular weight excluding hydrogens is 373 g/mol. The average Bonchev–Trinajstić information content (AvgIpc) is 2.53. The molecule has 0 unspecified atom stereocenters. The van der Waals surface area contributed by atoms with E-state index in [1.54, 1.807) is 39.8 Å². The predicted octanol–water partition coefficient (Wildman–Crippen LogP) is 3.98. The van der Waals surface area contributed by atoms with Gasteiger partial charge in [0.2, 0.25) is 10.0 Å². The summed E-state index contributed by atoms with van der Waals surface area (Å²) >= 11 is 0. The van der Waals surface area contributed by atoms with Crippen LogP contribution in [0, 0.1) is 15.9 Å². The molecule has 2 aromatic carbocycles. The lowest BCUT2D eigenvalue weighted by Crippen LogP contribution is -2.40. The van der Waals surface area contributed by atoms with Crippen molar-refractivity contribution in [2.75, 3.05) is 5.32 Å². The second kappa shape index (κ2) is 7.61. The number of nitrogens with one attached hydrogen (secondary N) is 2. The van der Waals surface area contributed by atoms with Crippen LogP contribution in [0.1, 0.15) is 39.3 Å². The quantitative estimate of drug-likeness (QED) is 0.569. The van der Waals surface area contributed by atoms with Crippen LogP contribution in [0.15, 0.2) is 47.4 Å². The fourth-order valence-corrected chi connectivity index (χ4v) is 3.92. The van der Waals surface area contributed by atoms with Crippen molar-refractivity contribution >= 4 is 21.4 Å². The Bertz CT molecular complexity index is 938. The molecule has 0 heterocycles. The van der Waals surface area contributed by atoms with Crippen LogP contribution < -0.4 is 10.0 Å². The van der Waals surface area contributed by atoms with Crippen LogP contribution in [0.4, 0.5) is 15.8 Å². The van der Waals surface area contributed by atoms with Crippen molar-refractivity contribution in [2.45, 2.75) is 44.2 Å². The lowest BCUT2D eigenvalue weighted by atomic mass is 10.1. The molecule has 146 valence electrons. The van der Waals surface area contributed by atoms with Crippen LogP contribution in [0.25, 0.3) is 0 Å². The number of rotatable bonds is 6. The van der Waals surface area contributed by atoms with Gasteiger partial charge in [0, 0.05) is 17.6 Å². The molecule has 0 aliphatic heterocycles. The number of anilines is 1. The summed E-state index contributed by atoms with van der Waals surface area (Å²) in [6.07, 6.45) is 0. The van der Waals surface area contributed by atoms with Crippen LogP contribution in [0.2, 0.25) is 0 Å². The van der Waals surface area contributed by atoms with Crippen molar-refractivity contribution in [1.29, 1.82) is 0 Å². The lowest BCUT2D eigenvalue weighted by Gasteiger charge is -2.21. The molecule has 27 heavy (non-hydrogen) atoms. The molecule has 2 N–H and O–H groups in total. The minimum Gasteiger partial charge on any atom is -0.373 e. The number of hydrogen-bond donors (Lipinski definition) is 2. The zero-order chi connectivity index (χ0) is 20.4. The third-order valence-corrected chi connectivity index (χ3v) is 5.41. The Kier molecular flexibility index (Phi) is 5.86. The van der Waals surface area contributed by atoms with E-state index in [9.17, 15) is 22.9 Å². The van der Waals surface area contributed by atoms with Crippen molar-refractivity contribution in [1.82, 2.24) is 4.72 Å². The Morgan fingerprint density at radius 2 is 1.70 bits per heavy atom. The van der Waals surface area contributed by atoms with Gasteiger partial charge in [-0.1, -0.05) is 12.1 Å². The molecule has 0 aliphatic carbocycles. The molecule has 2 rings (SSSR count). The fraction of sp³-hybridized carbons (Fsp3) is 0.333. The van der Waals surface area contributed by atoms with Crippen LogP contribution in [0.3, 0.4) is 0 Å². The monoisotopic (exact) mass is 395 g/mol. The van der Waals surface area contributed by atoms with E-state index >= 15 is 0 Å². The van der Waals surface area contributed by atoms with Crippen molar-refractivity contribution < 1.29 is 17.7 Å². The Morgan fingerprint density at radius 1 is 1.11 bits per heavy atom. The summed E-state index contributed by atoms with van der Waals surface area (Å²) in [5.41, 5.74) is -0.175. The second-order valence-corrected chi connectivity index (χ2v) is 8.89. The first-order chi connectivity index (χ1) is 12.4. The Labute approximate surface area is 157 Å². The smallest absolute Gasteiger partial charge is 0.293 e. The summed E-state index contributed by atoms with van der Waals surface area (Å²) < 4.78 is 40.4. The maximum absolute atomic E-state index is 13.0. The van der Waals surface area contributed by atoms with Crippen molar-refractivity contribution in [2.24, 2.45) is 0 Å². The van der Waals surface area contributed by atoms with Gasteiger partial charge in [0.15, 0.2) is 0 Å². The van der Waals surface area contributed by atoms with E-state index in [0.717, 1.165) is 11.6 Å². The van der Waals surface area contributed by atoms with Crippen molar-refractivity contribution in [3.8, 4) is 0 Å². The van der Waals surface area contributed by atoms with Crippen LogP contribution in [0.5, 0.6) is 0 Å². The second-order valence-electron chi connectivity index (χ2n) is 7.21. The molecule has 1 atom stereocenters. The number of hydrogen-bond acceptors (Lipinski definition) is 5. The van der Waals surface area contributed by atoms with Crippen LogP contribution >= 0.6 is 0 Å². The summed E-state index contributed by atoms with van der Waals surface area (Å²) in [5.74, 6) is -0.377. The van der Waals surface area contributed by atoms with Gasteiger partial charge < -0.3 is 5.32 Å². The number of nitrogens with zero attached hydrogens (tertiary/aromatic N) is 1. The van der Waals surface area contributed by atoms with Gasteiger partial charge in [0.1, 0.15) is 11.5 Å². The Hall–Kier alpha value is -2.52. The molecule has 9 heteroatoms. The number of benzene rings is 2. The molecule has 0 saturated heterocycles. The maximum Gasteiger partial charge on any atom is 0.293 e. The highest BCUT2D eigenvalue weighted by molar-refractivity contribution is 7.89. The average molecular weight is 395 g/mol. The van der Waals surface area contributed by atoms with E-state index in [4.69, 9.17) is 0 Å². The van der Waals surface area contributed by atoms with E-state index < -0.39 is 20.5 Å². The summed E-state index contributed by atoms with van der Waals surface area (Å²) in [6, 6.07) is 9.09. The van der Waals surface area contributed by atoms with Gasteiger partial charge in [-0.3, -0.25) is 10.1 Å². The van der Waals surface area contributed by atoms with Gasteiger partial charge >= 0.3 is 0 Å². The molecule has 0 radical (unpaired) electrons. The first kappa shape index (κ1) is 20.8. The third-order valence-electron chi connectivity index (χ3n) is 3.66. The predicted molar refractivity (Wildman–Crippen MR) is 102 cm³/mol. The molecule has 0 aromatic heterocycles. The van der Waals surface area contributed by atoms with Crippen molar-refractivity contribution in [3.05, 3.63) is 64.0 Å². The molecule has 0 spiro atoms. The molecule has 0 aliphatic rings. The fourth-order valence-electron chi connectivity index (χ4n) is 2.48. The van der Waals surface area contributed by atoms with Gasteiger partial charge in [-0.2, -0.15) is 0 Å². The Morgan fingerprint density at radius 3 is 2.22 bits per heavy atom. The molecule has 0 amide bonds. The highest BCUT2D eigenvalue weighted by atomic mass is 32.2. The van der Waals surface area contributed by atoms with Gasteiger partial charge in [-0.15, -0.1) is 0 Å². The van der Waals surface area contributed by atoms with E-state index in [0.29, 0.717) is 0 Å². The summed E-state index contributed by atoms with van der Waals surface area (Å²) in [4.78, 5) is 10.6. The van der Waals surface area contributed by atoms with E-state index in [-0.39, 0.29) is 28.1 Å². The molecular formula is C18H22FN3O4S. The maximum atomic E-state index is 13.0. The number of halogens is 1. The van der Waals surface area contributed by atoms with E-state index in [2.05, 4.69) is 10.0 Å². The lowest BCUT2D eigenvalue weighted by molar-refractivity contribution is -0.384. The standard InChI is InChI=1S/C18H22FN3O4S/c1-12(13-5-7-14(19)8-6-13)20-16-10-9-15(11-17(16)22(23)24)27(25,26)21-18(2,3)4/h5-12,20-21H,1-4H3/t12-/m1/s1. The normalized spacial score (nSPS) is 13.2. The molecule has 0 fully saturated rings. The van der Waals surface area contributed by atoms with Crippen molar-refractivity contribution in [3.63, 3.8) is 0 Å². The van der Waals surface area contributed by atoms with E-state index in [1.807, 2.05) is 0 Å². The zero-order valence-electron chi connectivity index (χ0n) is 15.5. The summed E-state index contributed by atoms with van der Waals surface area (Å²) in [5, 5.41) is 14.4. The zero-order valence-corrected chi connectivity index (χ0v) is 16.3. The number of sulfonamides is 1. The minimum atomic E-state index is -3.90. The molecule has 0 saturated carbocycles. The number of nitro groups is 1. The molecule has 0 bridgehead atoms. The van der Waals surface area contributed by atoms with Crippen LogP contribution in [-0.4, -0.2) is 18.9 Å². The Balaban J connectivity index is 2.36. The SMILES string of the molecule is C[C@@H](Nc1ccc(S(=O)(=O)NC(C)(C)C)cc1[N+](=O)[O-])c1ccc(F)cc1. The van der Waals surface area contributed by atoms with Gasteiger partial charge in [-0.25, -0.2) is 17.5 Å². The van der Waals surface area contributed by atoms with Gasteiger partial charge in [-0.05, 0) is 57.5 Å².